The van der Waals surface area contributed by atoms with E-state index in [1.807, 2.05) is 39.0 Å². The van der Waals surface area contributed by atoms with Gasteiger partial charge in [0.05, 0.1) is 17.6 Å². The third-order valence-electron chi connectivity index (χ3n) is 4.78. The highest BCUT2D eigenvalue weighted by Crippen LogP contribution is 2.33. The molecule has 5 nitrogen and oxygen atoms in total. The van der Waals surface area contributed by atoms with Gasteiger partial charge in [-0.3, -0.25) is 0 Å². The van der Waals surface area contributed by atoms with E-state index in [2.05, 4.69) is 25.8 Å². The number of ether oxygens (including phenoxy) is 1. The Morgan fingerprint density at radius 1 is 1.07 bits per heavy atom. The van der Waals surface area contributed by atoms with E-state index in [1.54, 1.807) is 12.1 Å². The zero-order chi connectivity index (χ0) is 20.0. The molecule has 6 heteroatoms. The van der Waals surface area contributed by atoms with Crippen molar-refractivity contribution < 1.29 is 13.2 Å². The molecule has 0 spiro atoms. The van der Waals surface area contributed by atoms with Crippen molar-refractivity contribution in [2.24, 2.45) is 0 Å². The fraction of sp³-hybridized carbons (Fsp3) is 0.381. The van der Waals surface area contributed by atoms with Crippen LogP contribution in [0.25, 0.3) is 11.0 Å². The maximum atomic E-state index is 13.5. The molecule has 0 fully saturated rings. The van der Waals surface area contributed by atoms with E-state index in [9.17, 15) is 8.42 Å². The normalized spacial score (nSPS) is 12.5. The molecule has 0 amide bonds. The first-order chi connectivity index (χ1) is 12.6. The summed E-state index contributed by atoms with van der Waals surface area (Å²) in [7, 11) is -3.86. The summed E-state index contributed by atoms with van der Waals surface area (Å²) in [5.41, 5.74) is 4.08. The summed E-state index contributed by atoms with van der Waals surface area (Å²) < 4.78 is 33.9. The van der Waals surface area contributed by atoms with Gasteiger partial charge in [-0.25, -0.2) is 17.4 Å². The number of benzene rings is 2. The van der Waals surface area contributed by atoms with Crippen LogP contribution in [0.4, 0.5) is 0 Å². The maximum Gasteiger partial charge on any atom is 0.273 e. The lowest BCUT2D eigenvalue weighted by Gasteiger charge is -2.21. The number of hydrogen-bond donors (Lipinski definition) is 0. The largest absolute Gasteiger partial charge is 0.492 e. The van der Waals surface area contributed by atoms with Crippen LogP contribution in [0.1, 0.15) is 44.4 Å². The van der Waals surface area contributed by atoms with Gasteiger partial charge in [0.2, 0.25) is 0 Å². The molecule has 0 unspecified atom stereocenters. The summed E-state index contributed by atoms with van der Waals surface area (Å²) in [4.78, 5) is 4.46. The lowest BCUT2D eigenvalue weighted by Crippen LogP contribution is -2.17. The zero-order valence-corrected chi connectivity index (χ0v) is 17.5. The van der Waals surface area contributed by atoms with Gasteiger partial charge in [0, 0.05) is 0 Å². The van der Waals surface area contributed by atoms with Crippen molar-refractivity contribution in [2.45, 2.75) is 51.9 Å². The quantitative estimate of drug-likeness (QED) is 0.658. The average molecular weight is 387 g/mol. The minimum atomic E-state index is -3.86. The van der Waals surface area contributed by atoms with E-state index in [4.69, 9.17) is 4.74 Å². The number of imidazole rings is 1. The summed E-state index contributed by atoms with van der Waals surface area (Å²) in [6, 6.07) is 9.15. The molecule has 0 aliphatic rings. The second kappa shape index (κ2) is 6.68. The van der Waals surface area contributed by atoms with Crippen molar-refractivity contribution in [3.63, 3.8) is 0 Å². The molecule has 0 aliphatic carbocycles. The van der Waals surface area contributed by atoms with Gasteiger partial charge < -0.3 is 4.74 Å². The lowest BCUT2D eigenvalue weighted by molar-refractivity contribution is 0.330. The number of aryl methyl sites for hydroxylation is 2. The van der Waals surface area contributed by atoms with Crippen LogP contribution in [-0.4, -0.2) is 24.0 Å². The van der Waals surface area contributed by atoms with Crippen molar-refractivity contribution >= 4 is 21.1 Å². The van der Waals surface area contributed by atoms with E-state index in [1.165, 1.54) is 10.3 Å². The van der Waals surface area contributed by atoms with Crippen molar-refractivity contribution in [1.29, 1.82) is 0 Å². The van der Waals surface area contributed by atoms with Crippen LogP contribution in [-0.2, 0) is 15.4 Å². The molecule has 27 heavy (non-hydrogen) atoms. The molecule has 3 rings (SSSR count). The van der Waals surface area contributed by atoms with Crippen molar-refractivity contribution in [2.75, 3.05) is 6.61 Å². The van der Waals surface area contributed by atoms with E-state index >= 15 is 0 Å². The Kier molecular flexibility index (Phi) is 4.80. The molecule has 2 aromatic carbocycles. The van der Waals surface area contributed by atoms with Crippen LogP contribution in [0.2, 0.25) is 0 Å². The second-order valence-electron chi connectivity index (χ2n) is 7.82. The highest BCUT2D eigenvalue weighted by molar-refractivity contribution is 7.90. The number of rotatable bonds is 4. The van der Waals surface area contributed by atoms with Crippen LogP contribution in [0, 0.1) is 13.8 Å². The lowest BCUT2D eigenvalue weighted by atomic mass is 9.87. The second-order valence-corrected chi connectivity index (χ2v) is 9.60. The molecule has 0 saturated carbocycles. The predicted molar refractivity (Wildman–Crippen MR) is 108 cm³/mol. The SMILES string of the molecule is CCOc1ccc(C(C)(C)C)cc1S(=O)(=O)n1cnc2cc(C)c(C)cc21. The van der Waals surface area contributed by atoms with Crippen molar-refractivity contribution in [3.8, 4) is 5.75 Å². The Morgan fingerprint density at radius 2 is 1.74 bits per heavy atom. The van der Waals surface area contributed by atoms with Crippen LogP contribution in [0.3, 0.4) is 0 Å². The molecule has 144 valence electrons. The van der Waals surface area contributed by atoms with Gasteiger partial charge >= 0.3 is 0 Å². The monoisotopic (exact) mass is 386 g/mol. The highest BCUT2D eigenvalue weighted by Gasteiger charge is 2.27. The molecule has 0 radical (unpaired) electrons. The summed E-state index contributed by atoms with van der Waals surface area (Å²) >= 11 is 0. The standard InChI is InChI=1S/C21H26N2O3S/c1-7-26-19-9-8-16(21(4,5)6)12-20(19)27(24,25)23-13-22-17-10-14(2)15(3)11-18(17)23/h8-13H,7H2,1-6H3. The van der Waals surface area contributed by atoms with E-state index in [0.29, 0.717) is 23.4 Å². The molecule has 0 bridgehead atoms. The van der Waals surface area contributed by atoms with E-state index in [0.717, 1.165) is 16.7 Å². The molecule has 0 atom stereocenters. The Balaban J connectivity index is 2.27. The molecular weight excluding hydrogens is 360 g/mol. The molecule has 1 heterocycles. The van der Waals surface area contributed by atoms with Gasteiger partial charge in [-0.05, 0) is 67.1 Å². The highest BCUT2D eigenvalue weighted by atomic mass is 32.2. The van der Waals surface area contributed by atoms with Gasteiger partial charge in [0.15, 0.2) is 0 Å². The molecule has 1 aromatic heterocycles. The van der Waals surface area contributed by atoms with Crippen molar-refractivity contribution in [3.05, 3.63) is 53.3 Å². The molecule has 0 aliphatic heterocycles. The number of hydrogen-bond acceptors (Lipinski definition) is 4. The van der Waals surface area contributed by atoms with Crippen LogP contribution in [0.5, 0.6) is 5.75 Å². The van der Waals surface area contributed by atoms with Crippen LogP contribution in [0.15, 0.2) is 41.6 Å². The maximum absolute atomic E-state index is 13.5. The first-order valence-corrected chi connectivity index (χ1v) is 10.5. The smallest absolute Gasteiger partial charge is 0.273 e. The van der Waals surface area contributed by atoms with Gasteiger partial charge in [-0.2, -0.15) is 0 Å². The zero-order valence-electron chi connectivity index (χ0n) is 16.7. The molecule has 0 N–H and O–H groups in total. The predicted octanol–water partition coefficient (Wildman–Crippen LogP) is 4.59. The van der Waals surface area contributed by atoms with E-state index in [-0.39, 0.29) is 10.3 Å². The van der Waals surface area contributed by atoms with Gasteiger partial charge in [-0.15, -0.1) is 0 Å². The average Bonchev–Trinajstić information content (AvgIpc) is 2.98. The summed E-state index contributed by atoms with van der Waals surface area (Å²) in [6.07, 6.45) is 1.37. The summed E-state index contributed by atoms with van der Waals surface area (Å²) in [5.74, 6) is 0.358. The van der Waals surface area contributed by atoms with E-state index < -0.39 is 10.0 Å². The van der Waals surface area contributed by atoms with Crippen molar-refractivity contribution in [1.82, 2.24) is 8.96 Å². The number of fused-ring (bicyclic) bond motifs is 1. The Bertz CT molecular complexity index is 1110. The first-order valence-electron chi connectivity index (χ1n) is 9.03. The summed E-state index contributed by atoms with van der Waals surface area (Å²) in [6.45, 7) is 12.3. The Labute approximate surface area is 161 Å². The summed E-state index contributed by atoms with van der Waals surface area (Å²) in [5, 5.41) is 0. The number of nitrogens with zero attached hydrogens (tertiary/aromatic N) is 2. The topological polar surface area (TPSA) is 61.2 Å². The Morgan fingerprint density at radius 3 is 2.37 bits per heavy atom. The fourth-order valence-corrected chi connectivity index (χ4v) is 4.44. The minimum absolute atomic E-state index is 0.161. The van der Waals surface area contributed by atoms with Gasteiger partial charge in [-0.1, -0.05) is 26.8 Å². The third-order valence-corrected chi connectivity index (χ3v) is 6.46. The Hall–Kier alpha value is -2.34. The third kappa shape index (κ3) is 3.46. The molecular formula is C21H26N2O3S. The first kappa shape index (κ1) is 19.4. The fourth-order valence-electron chi connectivity index (χ4n) is 2.99. The molecule has 0 saturated heterocycles. The van der Waals surface area contributed by atoms with Gasteiger partial charge in [0.25, 0.3) is 10.0 Å². The van der Waals surface area contributed by atoms with Gasteiger partial charge in [0.1, 0.15) is 17.0 Å². The van der Waals surface area contributed by atoms with Crippen LogP contribution >= 0.6 is 0 Å². The van der Waals surface area contributed by atoms with Crippen LogP contribution < -0.4 is 4.74 Å². The number of aromatic nitrogens is 2. The minimum Gasteiger partial charge on any atom is -0.492 e. The molecule has 3 aromatic rings.